The summed E-state index contributed by atoms with van der Waals surface area (Å²) in [4.78, 5) is 4.96. The quantitative estimate of drug-likeness (QED) is 0.458. The molecule has 1 aromatic carbocycles. The van der Waals surface area contributed by atoms with Crippen LogP contribution in [-0.2, 0) is 13.5 Å². The highest BCUT2D eigenvalue weighted by atomic mass is 15.0. The van der Waals surface area contributed by atoms with E-state index in [0.717, 1.165) is 45.8 Å². The third-order valence-corrected chi connectivity index (χ3v) is 5.42. The standard InChI is InChI=1S/C23H33N5/c1-7-8-9-10-16-11-15(2)27-22-18(14-28(6)23(16)22)21-19(25-4)12-17(24-3)13-20(21)26-5/h11-14,24-26H,7-10H2,1-6H3. The van der Waals surface area contributed by atoms with Crippen LogP contribution in [0.5, 0.6) is 0 Å². The van der Waals surface area contributed by atoms with Gasteiger partial charge in [0.2, 0.25) is 0 Å². The fraction of sp³-hybridized carbons (Fsp3) is 0.435. The van der Waals surface area contributed by atoms with E-state index in [2.05, 4.69) is 65.8 Å². The second-order valence-electron chi connectivity index (χ2n) is 7.43. The first-order valence-corrected chi connectivity index (χ1v) is 10.2. The van der Waals surface area contributed by atoms with Crippen LogP contribution in [0.15, 0.2) is 24.4 Å². The molecule has 0 fully saturated rings. The molecule has 3 N–H and O–H groups in total. The highest BCUT2D eigenvalue weighted by molar-refractivity contribution is 6.03. The molecular weight excluding hydrogens is 346 g/mol. The number of hydrogen-bond acceptors (Lipinski definition) is 4. The van der Waals surface area contributed by atoms with Crippen molar-refractivity contribution in [3.05, 3.63) is 35.7 Å². The Balaban J connectivity index is 2.25. The molecule has 0 radical (unpaired) electrons. The molecule has 3 rings (SSSR count). The average Bonchev–Trinajstić information content (AvgIpc) is 3.02. The van der Waals surface area contributed by atoms with Crippen LogP contribution in [0.4, 0.5) is 17.1 Å². The van der Waals surface area contributed by atoms with Gasteiger partial charge in [0, 0.05) is 68.3 Å². The van der Waals surface area contributed by atoms with Crippen LogP contribution < -0.4 is 16.0 Å². The van der Waals surface area contributed by atoms with Gasteiger partial charge in [-0.15, -0.1) is 0 Å². The first-order valence-electron chi connectivity index (χ1n) is 10.2. The number of aromatic nitrogens is 2. The summed E-state index contributed by atoms with van der Waals surface area (Å²) in [6.07, 6.45) is 7.04. The Morgan fingerprint density at radius 1 is 0.964 bits per heavy atom. The molecule has 0 saturated carbocycles. The smallest absolute Gasteiger partial charge is 0.0966 e. The van der Waals surface area contributed by atoms with Crippen molar-refractivity contribution in [2.24, 2.45) is 7.05 Å². The van der Waals surface area contributed by atoms with Crippen LogP contribution >= 0.6 is 0 Å². The van der Waals surface area contributed by atoms with Gasteiger partial charge < -0.3 is 20.5 Å². The zero-order valence-electron chi connectivity index (χ0n) is 18.0. The lowest BCUT2D eigenvalue weighted by Gasteiger charge is -2.16. The zero-order chi connectivity index (χ0) is 20.3. The molecule has 0 bridgehead atoms. The summed E-state index contributed by atoms with van der Waals surface area (Å²) in [7, 11) is 8.01. The number of hydrogen-bond donors (Lipinski definition) is 3. The van der Waals surface area contributed by atoms with Crippen LogP contribution in [0, 0.1) is 6.92 Å². The Labute approximate surface area is 168 Å². The predicted octanol–water partition coefficient (Wildman–Crippen LogP) is 5.41. The van der Waals surface area contributed by atoms with Crippen molar-refractivity contribution in [3.8, 4) is 11.1 Å². The van der Waals surface area contributed by atoms with Crippen molar-refractivity contribution in [1.29, 1.82) is 0 Å². The minimum Gasteiger partial charge on any atom is -0.388 e. The molecule has 5 heteroatoms. The third kappa shape index (κ3) is 3.66. The average molecular weight is 380 g/mol. The number of fused-ring (bicyclic) bond motifs is 1. The maximum atomic E-state index is 4.96. The van der Waals surface area contributed by atoms with E-state index < -0.39 is 0 Å². The highest BCUT2D eigenvalue weighted by Gasteiger charge is 2.19. The van der Waals surface area contributed by atoms with Crippen molar-refractivity contribution < 1.29 is 0 Å². The fourth-order valence-electron chi connectivity index (χ4n) is 4.04. The van der Waals surface area contributed by atoms with Gasteiger partial charge in [-0.1, -0.05) is 19.8 Å². The van der Waals surface area contributed by atoms with Crippen LogP contribution in [-0.4, -0.2) is 30.7 Å². The van der Waals surface area contributed by atoms with E-state index in [0.29, 0.717) is 0 Å². The van der Waals surface area contributed by atoms with Crippen molar-refractivity contribution in [2.45, 2.75) is 39.5 Å². The molecule has 2 aromatic heterocycles. The number of benzene rings is 1. The summed E-state index contributed by atoms with van der Waals surface area (Å²) in [6.45, 7) is 4.35. The van der Waals surface area contributed by atoms with Crippen molar-refractivity contribution >= 4 is 28.1 Å². The fourth-order valence-corrected chi connectivity index (χ4v) is 4.04. The first-order chi connectivity index (χ1) is 13.5. The third-order valence-electron chi connectivity index (χ3n) is 5.42. The monoisotopic (exact) mass is 379 g/mol. The lowest BCUT2D eigenvalue weighted by molar-refractivity contribution is 0.717. The predicted molar refractivity (Wildman–Crippen MR) is 123 cm³/mol. The van der Waals surface area contributed by atoms with Gasteiger partial charge in [0.05, 0.1) is 11.0 Å². The Morgan fingerprint density at radius 2 is 1.64 bits per heavy atom. The van der Waals surface area contributed by atoms with E-state index in [9.17, 15) is 0 Å². The molecule has 0 saturated heterocycles. The highest BCUT2D eigenvalue weighted by Crippen LogP contribution is 2.42. The minimum absolute atomic E-state index is 1.07. The van der Waals surface area contributed by atoms with Crippen molar-refractivity contribution in [1.82, 2.24) is 9.55 Å². The van der Waals surface area contributed by atoms with Crippen molar-refractivity contribution in [2.75, 3.05) is 37.1 Å². The molecule has 0 unspecified atom stereocenters. The van der Waals surface area contributed by atoms with E-state index in [4.69, 9.17) is 4.98 Å². The molecule has 0 atom stereocenters. The van der Waals surface area contributed by atoms with Crippen LogP contribution in [0.1, 0.15) is 37.4 Å². The molecule has 3 aromatic rings. The largest absolute Gasteiger partial charge is 0.388 e. The van der Waals surface area contributed by atoms with E-state index in [1.54, 1.807) is 0 Å². The van der Waals surface area contributed by atoms with Crippen LogP contribution in [0.25, 0.3) is 22.2 Å². The normalized spacial score (nSPS) is 11.1. The van der Waals surface area contributed by atoms with Crippen molar-refractivity contribution in [3.63, 3.8) is 0 Å². The summed E-state index contributed by atoms with van der Waals surface area (Å²) in [5.74, 6) is 0. The summed E-state index contributed by atoms with van der Waals surface area (Å²) in [6, 6.07) is 6.55. The minimum atomic E-state index is 1.07. The van der Waals surface area contributed by atoms with E-state index in [1.165, 1.54) is 30.3 Å². The molecular formula is C23H33N5. The van der Waals surface area contributed by atoms with E-state index in [1.807, 2.05) is 21.1 Å². The van der Waals surface area contributed by atoms with E-state index >= 15 is 0 Å². The van der Waals surface area contributed by atoms with Gasteiger partial charge in [-0.05, 0) is 43.5 Å². The second-order valence-corrected chi connectivity index (χ2v) is 7.43. The van der Waals surface area contributed by atoms with Crippen LogP contribution in [0.3, 0.4) is 0 Å². The number of rotatable bonds is 8. The topological polar surface area (TPSA) is 53.9 Å². The van der Waals surface area contributed by atoms with Gasteiger partial charge in [0.15, 0.2) is 0 Å². The molecule has 0 aliphatic carbocycles. The SMILES string of the molecule is CCCCCc1cc(C)nc2c(-c3c(NC)cc(NC)cc3NC)cn(C)c12. The number of aryl methyl sites for hydroxylation is 3. The summed E-state index contributed by atoms with van der Waals surface area (Å²) in [5.41, 5.74) is 10.4. The molecule has 0 spiro atoms. The number of nitrogens with zero attached hydrogens (tertiary/aromatic N) is 2. The number of unbranched alkanes of at least 4 members (excludes halogenated alkanes) is 2. The molecule has 0 aliphatic rings. The molecule has 28 heavy (non-hydrogen) atoms. The number of nitrogens with one attached hydrogen (secondary N) is 3. The van der Waals surface area contributed by atoms with Gasteiger partial charge in [-0.2, -0.15) is 0 Å². The Bertz CT molecular complexity index is 946. The number of anilines is 3. The maximum Gasteiger partial charge on any atom is 0.0966 e. The maximum absolute atomic E-state index is 4.96. The molecule has 2 heterocycles. The van der Waals surface area contributed by atoms with Gasteiger partial charge in [-0.3, -0.25) is 4.98 Å². The summed E-state index contributed by atoms with van der Waals surface area (Å²) in [5, 5.41) is 9.99. The Kier molecular flexibility index (Phi) is 6.12. The summed E-state index contributed by atoms with van der Waals surface area (Å²) < 4.78 is 2.24. The molecule has 5 nitrogen and oxygen atoms in total. The second kappa shape index (κ2) is 8.55. The molecule has 0 aliphatic heterocycles. The number of pyridine rings is 1. The van der Waals surface area contributed by atoms with Gasteiger partial charge in [-0.25, -0.2) is 0 Å². The molecule has 0 amide bonds. The van der Waals surface area contributed by atoms with Crippen LogP contribution in [0.2, 0.25) is 0 Å². The van der Waals surface area contributed by atoms with Gasteiger partial charge >= 0.3 is 0 Å². The van der Waals surface area contributed by atoms with E-state index in [-0.39, 0.29) is 0 Å². The Morgan fingerprint density at radius 3 is 2.21 bits per heavy atom. The lowest BCUT2D eigenvalue weighted by Crippen LogP contribution is -2.01. The summed E-state index contributed by atoms with van der Waals surface area (Å²) >= 11 is 0. The molecule has 150 valence electrons. The lowest BCUT2D eigenvalue weighted by atomic mass is 10.00. The Hall–Kier alpha value is -2.69. The first kappa shape index (κ1) is 20.1. The van der Waals surface area contributed by atoms with Gasteiger partial charge in [0.25, 0.3) is 0 Å². The van der Waals surface area contributed by atoms with Gasteiger partial charge in [0.1, 0.15) is 0 Å². The zero-order valence-corrected chi connectivity index (χ0v) is 18.0.